The molecule has 5 heteroatoms. The highest BCUT2D eigenvalue weighted by molar-refractivity contribution is 5.95. The number of carbonyl (C=O) groups is 1. The fourth-order valence-electron chi connectivity index (χ4n) is 2.81. The molecule has 1 amide bonds. The Hall–Kier alpha value is -1.62. The average Bonchev–Trinajstić information content (AvgIpc) is 2.47. The zero-order valence-corrected chi connectivity index (χ0v) is 12.1. The maximum atomic E-state index is 12.5. The number of aliphatic hydroxyl groups excluding tert-OH is 1. The van der Waals surface area contributed by atoms with Gasteiger partial charge in [0.15, 0.2) is 0 Å². The van der Waals surface area contributed by atoms with E-state index in [0.29, 0.717) is 18.7 Å². The van der Waals surface area contributed by atoms with E-state index in [9.17, 15) is 14.7 Å². The monoisotopic (exact) mass is 278 g/mol. The first-order valence-electron chi connectivity index (χ1n) is 7.11. The smallest absolute Gasteiger partial charge is 0.261 e. The van der Waals surface area contributed by atoms with Crippen LogP contribution in [0.1, 0.15) is 42.1 Å². The quantitative estimate of drug-likeness (QED) is 0.875. The van der Waals surface area contributed by atoms with Gasteiger partial charge in [-0.25, -0.2) is 0 Å². The van der Waals surface area contributed by atoms with Crippen LogP contribution in [-0.4, -0.2) is 40.6 Å². The van der Waals surface area contributed by atoms with Gasteiger partial charge >= 0.3 is 0 Å². The van der Waals surface area contributed by atoms with E-state index in [1.54, 1.807) is 24.1 Å². The lowest BCUT2D eigenvalue weighted by Gasteiger charge is -2.40. The minimum Gasteiger partial charge on any atom is -0.396 e. The van der Waals surface area contributed by atoms with Gasteiger partial charge in [0.2, 0.25) is 0 Å². The lowest BCUT2D eigenvalue weighted by atomic mass is 9.77. The van der Waals surface area contributed by atoms with E-state index in [0.717, 1.165) is 19.3 Å². The van der Waals surface area contributed by atoms with Crippen molar-refractivity contribution >= 4 is 5.91 Å². The van der Waals surface area contributed by atoms with E-state index < -0.39 is 0 Å². The SMILES string of the molecule is CCC1(CO)CCN(C(=O)c2c(C)cc[nH]c2=O)CC1. The first kappa shape index (κ1) is 14.8. The third-order valence-corrected chi connectivity index (χ3v) is 4.58. The summed E-state index contributed by atoms with van der Waals surface area (Å²) in [6, 6.07) is 1.74. The highest BCUT2D eigenvalue weighted by Crippen LogP contribution is 2.34. The first-order chi connectivity index (χ1) is 9.53. The van der Waals surface area contributed by atoms with E-state index >= 15 is 0 Å². The van der Waals surface area contributed by atoms with Crippen molar-refractivity contribution in [2.45, 2.75) is 33.1 Å². The second-order valence-electron chi connectivity index (χ2n) is 5.67. The molecule has 1 aromatic rings. The number of rotatable bonds is 3. The van der Waals surface area contributed by atoms with E-state index in [-0.39, 0.29) is 29.1 Å². The summed E-state index contributed by atoms with van der Waals surface area (Å²) in [6.45, 7) is 5.20. The summed E-state index contributed by atoms with van der Waals surface area (Å²) in [4.78, 5) is 28.6. The second kappa shape index (κ2) is 5.79. The number of aromatic amines is 1. The molecule has 0 saturated carbocycles. The van der Waals surface area contributed by atoms with Crippen LogP contribution in [0.2, 0.25) is 0 Å². The molecule has 0 atom stereocenters. The Labute approximate surface area is 118 Å². The van der Waals surface area contributed by atoms with E-state index in [1.807, 2.05) is 0 Å². The molecule has 2 rings (SSSR count). The van der Waals surface area contributed by atoms with Crippen molar-refractivity contribution in [2.24, 2.45) is 5.41 Å². The van der Waals surface area contributed by atoms with Gasteiger partial charge < -0.3 is 15.0 Å². The Morgan fingerprint density at radius 3 is 2.60 bits per heavy atom. The number of likely N-dealkylation sites (tertiary alicyclic amines) is 1. The Kier molecular flexibility index (Phi) is 4.28. The van der Waals surface area contributed by atoms with Gasteiger partial charge in [0.25, 0.3) is 11.5 Å². The highest BCUT2D eigenvalue weighted by Gasteiger charge is 2.34. The van der Waals surface area contributed by atoms with Crippen LogP contribution in [-0.2, 0) is 0 Å². The van der Waals surface area contributed by atoms with Gasteiger partial charge in [-0.05, 0) is 43.2 Å². The summed E-state index contributed by atoms with van der Waals surface area (Å²) >= 11 is 0. The molecule has 0 unspecified atom stereocenters. The number of nitrogens with zero attached hydrogens (tertiary/aromatic N) is 1. The highest BCUT2D eigenvalue weighted by atomic mass is 16.3. The lowest BCUT2D eigenvalue weighted by molar-refractivity contribution is 0.0336. The molecule has 20 heavy (non-hydrogen) atoms. The van der Waals surface area contributed by atoms with Crippen molar-refractivity contribution in [3.05, 3.63) is 33.7 Å². The molecule has 1 saturated heterocycles. The molecule has 0 bridgehead atoms. The van der Waals surface area contributed by atoms with Crippen LogP contribution in [0, 0.1) is 12.3 Å². The molecule has 0 radical (unpaired) electrons. The Morgan fingerprint density at radius 2 is 2.10 bits per heavy atom. The number of carbonyl (C=O) groups excluding carboxylic acids is 1. The fourth-order valence-corrected chi connectivity index (χ4v) is 2.81. The number of hydrogen-bond acceptors (Lipinski definition) is 3. The van der Waals surface area contributed by atoms with Crippen LogP contribution in [0.25, 0.3) is 0 Å². The van der Waals surface area contributed by atoms with Crippen molar-refractivity contribution in [3.8, 4) is 0 Å². The number of H-pyrrole nitrogens is 1. The van der Waals surface area contributed by atoms with E-state index in [1.165, 1.54) is 0 Å². The number of aryl methyl sites for hydroxylation is 1. The molecule has 1 aliphatic rings. The van der Waals surface area contributed by atoms with Gasteiger partial charge in [-0.3, -0.25) is 9.59 Å². The van der Waals surface area contributed by atoms with Crippen molar-refractivity contribution in [2.75, 3.05) is 19.7 Å². The molecule has 1 aromatic heterocycles. The summed E-state index contributed by atoms with van der Waals surface area (Å²) in [5, 5.41) is 9.51. The number of aromatic nitrogens is 1. The van der Waals surface area contributed by atoms with Crippen LogP contribution in [0.4, 0.5) is 0 Å². The Balaban J connectivity index is 2.15. The molecule has 1 fully saturated rings. The standard InChI is InChI=1S/C15H22N2O3/c1-3-15(10-18)5-8-17(9-6-15)14(20)12-11(2)4-7-16-13(12)19/h4,7,18H,3,5-6,8-10H2,1-2H3,(H,16,19). The van der Waals surface area contributed by atoms with Crippen molar-refractivity contribution in [1.82, 2.24) is 9.88 Å². The molecule has 0 spiro atoms. The molecule has 110 valence electrons. The van der Waals surface area contributed by atoms with Gasteiger partial charge in [-0.15, -0.1) is 0 Å². The number of aliphatic hydroxyl groups is 1. The van der Waals surface area contributed by atoms with Crippen LogP contribution >= 0.6 is 0 Å². The Morgan fingerprint density at radius 1 is 1.45 bits per heavy atom. The van der Waals surface area contributed by atoms with Gasteiger partial charge in [-0.1, -0.05) is 6.92 Å². The molecule has 2 N–H and O–H groups in total. The van der Waals surface area contributed by atoms with Crippen molar-refractivity contribution < 1.29 is 9.90 Å². The zero-order valence-electron chi connectivity index (χ0n) is 12.1. The fraction of sp³-hybridized carbons (Fsp3) is 0.600. The minimum absolute atomic E-state index is 0.0606. The minimum atomic E-state index is -0.329. The number of hydrogen-bond donors (Lipinski definition) is 2. The van der Waals surface area contributed by atoms with E-state index in [4.69, 9.17) is 0 Å². The van der Waals surface area contributed by atoms with Gasteiger partial charge in [0.05, 0.1) is 0 Å². The van der Waals surface area contributed by atoms with Crippen LogP contribution in [0.3, 0.4) is 0 Å². The molecular formula is C15H22N2O3. The van der Waals surface area contributed by atoms with Crippen molar-refractivity contribution in [3.63, 3.8) is 0 Å². The maximum absolute atomic E-state index is 12.5. The third kappa shape index (κ3) is 2.63. The molecule has 0 aromatic carbocycles. The molecular weight excluding hydrogens is 256 g/mol. The predicted octanol–water partition coefficient (Wildman–Crippen LogP) is 1.31. The average molecular weight is 278 g/mol. The summed E-state index contributed by atoms with van der Waals surface area (Å²) in [7, 11) is 0. The Bertz CT molecular complexity index is 536. The van der Waals surface area contributed by atoms with Crippen molar-refractivity contribution in [1.29, 1.82) is 0 Å². The normalized spacial score (nSPS) is 18.1. The topological polar surface area (TPSA) is 73.4 Å². The first-order valence-corrected chi connectivity index (χ1v) is 7.11. The molecule has 5 nitrogen and oxygen atoms in total. The largest absolute Gasteiger partial charge is 0.396 e. The maximum Gasteiger partial charge on any atom is 0.261 e. The number of piperidine rings is 1. The van der Waals surface area contributed by atoms with Gasteiger partial charge in [0, 0.05) is 25.9 Å². The summed E-state index contributed by atoms with van der Waals surface area (Å²) in [5.74, 6) is -0.202. The van der Waals surface area contributed by atoms with Crippen LogP contribution in [0.5, 0.6) is 0 Å². The number of nitrogens with one attached hydrogen (secondary N) is 1. The van der Waals surface area contributed by atoms with Gasteiger partial charge in [0.1, 0.15) is 5.56 Å². The summed E-state index contributed by atoms with van der Waals surface area (Å²) in [6.07, 6.45) is 4.04. The van der Waals surface area contributed by atoms with Gasteiger partial charge in [-0.2, -0.15) is 0 Å². The zero-order chi connectivity index (χ0) is 14.8. The summed E-state index contributed by atoms with van der Waals surface area (Å²) < 4.78 is 0. The number of amides is 1. The third-order valence-electron chi connectivity index (χ3n) is 4.58. The van der Waals surface area contributed by atoms with Crippen LogP contribution in [0.15, 0.2) is 17.1 Å². The predicted molar refractivity (Wildman–Crippen MR) is 76.7 cm³/mol. The van der Waals surface area contributed by atoms with E-state index in [2.05, 4.69) is 11.9 Å². The second-order valence-corrected chi connectivity index (χ2v) is 5.67. The molecule has 2 heterocycles. The summed E-state index contributed by atoms with van der Waals surface area (Å²) in [5.41, 5.74) is 0.549. The lowest BCUT2D eigenvalue weighted by Crippen LogP contribution is -2.45. The number of pyridine rings is 1. The molecule has 1 aliphatic heterocycles. The molecule has 0 aliphatic carbocycles. The van der Waals surface area contributed by atoms with Crippen LogP contribution < -0.4 is 5.56 Å².